The number of amides is 2. The van der Waals surface area contributed by atoms with Gasteiger partial charge in [0.05, 0.1) is 10.5 Å². The molecule has 0 spiro atoms. The molecule has 0 saturated carbocycles. The number of hydrogen-bond donors (Lipinski definition) is 1. The van der Waals surface area contributed by atoms with Gasteiger partial charge in [0.2, 0.25) is 0 Å². The van der Waals surface area contributed by atoms with Crippen LogP contribution in [0.15, 0.2) is 41.3 Å². The van der Waals surface area contributed by atoms with Crippen molar-refractivity contribution >= 4 is 32.9 Å². The predicted molar refractivity (Wildman–Crippen MR) is 128 cm³/mol. The summed E-state index contributed by atoms with van der Waals surface area (Å²) < 4.78 is 68.7. The molecule has 202 valence electrons. The van der Waals surface area contributed by atoms with E-state index in [1.807, 2.05) is 0 Å². The van der Waals surface area contributed by atoms with E-state index in [4.69, 9.17) is 4.74 Å². The number of nitrogens with zero attached hydrogens (tertiary/aromatic N) is 4. The third-order valence-corrected chi connectivity index (χ3v) is 8.09. The number of hydrogen-bond acceptors (Lipinski definition) is 7. The molecule has 14 heteroatoms. The van der Waals surface area contributed by atoms with Gasteiger partial charge in [0, 0.05) is 38.0 Å². The van der Waals surface area contributed by atoms with Crippen LogP contribution in [0.3, 0.4) is 0 Å². The number of carbonyl (C=O) groups excluding carboxylic acids is 2. The maximum absolute atomic E-state index is 13.3. The lowest BCUT2D eigenvalue weighted by molar-refractivity contribution is -0.137. The number of carbonyl (C=O) groups is 2. The van der Waals surface area contributed by atoms with Crippen molar-refractivity contribution in [3.63, 3.8) is 0 Å². The van der Waals surface area contributed by atoms with Gasteiger partial charge in [-0.15, -0.1) is 0 Å². The Kier molecular flexibility index (Phi) is 6.53. The molecule has 1 N–H and O–H groups in total. The van der Waals surface area contributed by atoms with Crippen LogP contribution in [0.1, 0.15) is 27.9 Å². The van der Waals surface area contributed by atoms with Crippen LogP contribution in [-0.2, 0) is 27.4 Å². The number of halogens is 3. The summed E-state index contributed by atoms with van der Waals surface area (Å²) in [5, 5.41) is 10.5. The fourth-order valence-corrected chi connectivity index (χ4v) is 5.72. The van der Waals surface area contributed by atoms with Crippen molar-refractivity contribution in [3.05, 3.63) is 53.1 Å². The zero-order valence-electron chi connectivity index (χ0n) is 20.2. The Morgan fingerprint density at radius 1 is 1.03 bits per heavy atom. The highest BCUT2D eigenvalue weighted by Gasteiger charge is 2.41. The molecule has 2 saturated heterocycles. The number of rotatable bonds is 4. The smallest absolute Gasteiger partial charge is 0.416 e. The molecule has 1 aromatic heterocycles. The SMILES string of the molecule is CS(=O)(=O)c1cc(COC(=O)N2C[C@H]3CCN(C(=O)c4ccc5n[nH]nc5c4)C[C@@H]3C2)cc(C(F)(F)F)c1. The van der Waals surface area contributed by atoms with Crippen LogP contribution in [0.5, 0.6) is 0 Å². The molecule has 10 nitrogen and oxygen atoms in total. The summed E-state index contributed by atoms with van der Waals surface area (Å²) in [6.45, 7) is 1.22. The topological polar surface area (TPSA) is 126 Å². The summed E-state index contributed by atoms with van der Waals surface area (Å²) in [5.41, 5.74) is 0.527. The largest absolute Gasteiger partial charge is 0.445 e. The van der Waals surface area contributed by atoms with Crippen LogP contribution in [0.25, 0.3) is 11.0 Å². The van der Waals surface area contributed by atoms with Crippen molar-refractivity contribution in [2.75, 3.05) is 32.4 Å². The Morgan fingerprint density at radius 2 is 1.74 bits per heavy atom. The lowest BCUT2D eigenvalue weighted by Crippen LogP contribution is -2.43. The van der Waals surface area contributed by atoms with Gasteiger partial charge in [-0.1, -0.05) is 0 Å². The van der Waals surface area contributed by atoms with E-state index in [0.29, 0.717) is 55.3 Å². The Morgan fingerprint density at radius 3 is 2.47 bits per heavy atom. The molecule has 5 rings (SSSR count). The molecule has 0 aliphatic carbocycles. The molecule has 0 radical (unpaired) electrons. The van der Waals surface area contributed by atoms with Crippen LogP contribution in [-0.4, -0.2) is 78.1 Å². The molecule has 2 amide bonds. The van der Waals surface area contributed by atoms with Gasteiger partial charge in [0.25, 0.3) is 5.91 Å². The second-order valence-electron chi connectivity index (χ2n) is 9.68. The molecule has 2 atom stereocenters. The van der Waals surface area contributed by atoms with Gasteiger partial charge in [-0.25, -0.2) is 13.2 Å². The zero-order chi connectivity index (χ0) is 27.2. The summed E-state index contributed by atoms with van der Waals surface area (Å²) in [4.78, 5) is 28.5. The van der Waals surface area contributed by atoms with Gasteiger partial charge in [-0.2, -0.15) is 28.6 Å². The zero-order valence-corrected chi connectivity index (χ0v) is 21.1. The van der Waals surface area contributed by atoms with Crippen LogP contribution in [0, 0.1) is 11.8 Å². The second kappa shape index (κ2) is 9.57. The van der Waals surface area contributed by atoms with Crippen LogP contribution >= 0.6 is 0 Å². The molecule has 0 unspecified atom stereocenters. The molecule has 0 bridgehead atoms. The van der Waals surface area contributed by atoms with Crippen molar-refractivity contribution in [1.82, 2.24) is 25.2 Å². The summed E-state index contributed by atoms with van der Waals surface area (Å²) in [6, 6.07) is 7.49. The lowest BCUT2D eigenvalue weighted by Gasteiger charge is -2.34. The van der Waals surface area contributed by atoms with Crippen LogP contribution in [0.2, 0.25) is 0 Å². The first-order valence-electron chi connectivity index (χ1n) is 11.8. The number of aromatic amines is 1. The van der Waals surface area contributed by atoms with Gasteiger partial charge in [0.15, 0.2) is 9.84 Å². The number of ether oxygens (including phenoxy) is 1. The average molecular weight is 552 g/mol. The molecule has 2 aromatic carbocycles. The Hall–Kier alpha value is -3.68. The number of benzene rings is 2. The Bertz CT molecular complexity index is 1510. The van der Waals surface area contributed by atoms with Crippen molar-refractivity contribution < 1.29 is 35.9 Å². The van der Waals surface area contributed by atoms with E-state index in [2.05, 4.69) is 15.4 Å². The normalized spacial score (nSPS) is 20.0. The highest BCUT2D eigenvalue weighted by molar-refractivity contribution is 7.90. The second-order valence-corrected chi connectivity index (χ2v) is 11.7. The van der Waals surface area contributed by atoms with Gasteiger partial charge in [-0.05, 0) is 60.2 Å². The predicted octanol–water partition coefficient (Wildman–Crippen LogP) is 3.11. The van der Waals surface area contributed by atoms with Crippen molar-refractivity contribution in [1.29, 1.82) is 0 Å². The van der Waals surface area contributed by atoms with Crippen LogP contribution in [0.4, 0.5) is 18.0 Å². The number of sulfone groups is 1. The third-order valence-electron chi connectivity index (χ3n) is 6.99. The number of fused-ring (bicyclic) bond motifs is 2. The van der Waals surface area contributed by atoms with Gasteiger partial charge < -0.3 is 14.5 Å². The summed E-state index contributed by atoms with van der Waals surface area (Å²) in [5.74, 6) is 0.0528. The minimum Gasteiger partial charge on any atom is -0.445 e. The fraction of sp³-hybridized carbons (Fsp3) is 0.417. The van der Waals surface area contributed by atoms with Crippen molar-refractivity contribution in [2.24, 2.45) is 11.8 Å². The van der Waals surface area contributed by atoms with E-state index in [0.717, 1.165) is 18.4 Å². The average Bonchev–Trinajstić information content (AvgIpc) is 3.51. The summed E-state index contributed by atoms with van der Waals surface area (Å²) in [7, 11) is -3.91. The first kappa shape index (κ1) is 25.9. The lowest BCUT2D eigenvalue weighted by atomic mass is 9.88. The molecule has 3 heterocycles. The Labute approximate surface area is 215 Å². The van der Waals surface area contributed by atoms with E-state index < -0.39 is 39.2 Å². The monoisotopic (exact) mass is 551 g/mol. The molecule has 38 heavy (non-hydrogen) atoms. The van der Waals surface area contributed by atoms with E-state index in [9.17, 15) is 31.2 Å². The van der Waals surface area contributed by atoms with Gasteiger partial charge >= 0.3 is 12.3 Å². The van der Waals surface area contributed by atoms with Gasteiger partial charge in [0.1, 0.15) is 17.6 Å². The Balaban J connectivity index is 1.21. The highest BCUT2D eigenvalue weighted by Crippen LogP contribution is 2.34. The van der Waals surface area contributed by atoms with Crippen molar-refractivity contribution in [3.8, 4) is 0 Å². The number of H-pyrrole nitrogens is 1. The van der Waals surface area contributed by atoms with Gasteiger partial charge in [-0.3, -0.25) is 4.79 Å². The summed E-state index contributed by atoms with van der Waals surface area (Å²) >= 11 is 0. The maximum atomic E-state index is 13.3. The number of likely N-dealkylation sites (tertiary alicyclic amines) is 2. The minimum atomic E-state index is -4.76. The highest BCUT2D eigenvalue weighted by atomic mass is 32.2. The number of piperidine rings is 1. The molecule has 3 aromatic rings. The molecular formula is C24H24F3N5O5S. The van der Waals surface area contributed by atoms with E-state index in [1.54, 1.807) is 23.1 Å². The third kappa shape index (κ3) is 5.30. The molecular weight excluding hydrogens is 527 g/mol. The quantitative estimate of drug-likeness (QED) is 0.528. The van der Waals surface area contributed by atoms with E-state index >= 15 is 0 Å². The fourth-order valence-electron chi connectivity index (χ4n) is 5.02. The minimum absolute atomic E-state index is 0.0291. The first-order chi connectivity index (χ1) is 17.9. The first-order valence-corrected chi connectivity index (χ1v) is 13.7. The van der Waals surface area contributed by atoms with E-state index in [-0.39, 0.29) is 23.3 Å². The molecule has 2 aliphatic heterocycles. The summed E-state index contributed by atoms with van der Waals surface area (Å²) in [6.07, 6.45) is -3.95. The number of alkyl halides is 3. The molecule has 2 aliphatic rings. The number of aromatic nitrogens is 3. The standard InChI is InChI=1S/C24H24F3N5O5S/c1-38(35,36)19-7-14(6-18(9-19)24(25,26)27)13-37-23(34)32-10-16-4-5-31(11-17(16)12-32)22(33)15-2-3-20-21(8-15)29-30-28-20/h2-3,6-9,16-17H,4-5,10-13H2,1H3,(H,28,29,30)/t16-,17-/m1/s1. The van der Waals surface area contributed by atoms with Crippen molar-refractivity contribution in [2.45, 2.75) is 24.1 Å². The van der Waals surface area contributed by atoms with E-state index in [1.165, 1.54) is 4.90 Å². The van der Waals surface area contributed by atoms with Crippen LogP contribution < -0.4 is 0 Å². The molecule has 2 fully saturated rings. The maximum Gasteiger partial charge on any atom is 0.416 e. The number of nitrogens with one attached hydrogen (secondary N) is 1.